The molecule has 204 valence electrons. The predicted molar refractivity (Wildman–Crippen MR) is 140 cm³/mol. The Morgan fingerprint density at radius 2 is 1.00 bits per heavy atom. The minimum atomic E-state index is -0.243. The molecule has 1 rings (SSSR count). The number of ketones is 2. The Balaban J connectivity index is 2.37. The van der Waals surface area contributed by atoms with Gasteiger partial charge >= 0.3 is 11.9 Å². The maximum Gasteiger partial charge on any atom is 0.305 e. The highest BCUT2D eigenvalue weighted by Crippen LogP contribution is 2.21. The number of allylic oxidation sites excluding steroid dienone is 2. The first-order valence-corrected chi connectivity index (χ1v) is 13.6. The number of hydrogen-bond donors (Lipinski definition) is 2. The van der Waals surface area contributed by atoms with Gasteiger partial charge in [0.15, 0.2) is 0 Å². The van der Waals surface area contributed by atoms with Gasteiger partial charge in [0.05, 0.1) is 24.6 Å². The van der Waals surface area contributed by atoms with E-state index in [0.717, 1.165) is 51.4 Å². The highest BCUT2D eigenvalue weighted by atomic mass is 16.5. The summed E-state index contributed by atoms with van der Waals surface area (Å²) < 4.78 is 10.4. The summed E-state index contributed by atoms with van der Waals surface area (Å²) in [5.74, 6) is -0.958. The molecule has 1 aliphatic rings. The highest BCUT2D eigenvalue weighted by Gasteiger charge is 2.30. The summed E-state index contributed by atoms with van der Waals surface area (Å²) in [5, 5.41) is 6.07. The van der Waals surface area contributed by atoms with Crippen LogP contribution >= 0.6 is 0 Å². The summed E-state index contributed by atoms with van der Waals surface area (Å²) in [6.45, 7) is 9.20. The van der Waals surface area contributed by atoms with Crippen LogP contribution in [0, 0.1) is 0 Å². The molecule has 2 N–H and O–H groups in total. The fourth-order valence-electron chi connectivity index (χ4n) is 3.83. The lowest BCUT2D eigenvalue weighted by atomic mass is 9.92. The molecule has 0 saturated heterocycles. The van der Waals surface area contributed by atoms with Crippen LogP contribution in [0.4, 0.5) is 0 Å². The number of unbranched alkanes of at least 4 members (excludes halogenated alkanes) is 6. The van der Waals surface area contributed by atoms with Crippen molar-refractivity contribution in [3.8, 4) is 0 Å². The van der Waals surface area contributed by atoms with Gasteiger partial charge in [-0.25, -0.2) is 0 Å². The van der Waals surface area contributed by atoms with Gasteiger partial charge in [0.25, 0.3) is 0 Å². The number of Topliss-reactive ketones (excluding diaryl/α,β-unsaturated/α-hetero) is 2. The van der Waals surface area contributed by atoms with Crippen LogP contribution in [0.1, 0.15) is 105 Å². The third kappa shape index (κ3) is 11.9. The number of esters is 2. The number of carbonyl (C=O) groups is 4. The molecule has 0 unspecified atom stereocenters. The van der Waals surface area contributed by atoms with Crippen LogP contribution in [-0.2, 0) is 28.7 Å². The van der Waals surface area contributed by atoms with Crippen LogP contribution in [-0.4, -0.2) is 49.8 Å². The quantitative estimate of drug-likeness (QED) is 0.139. The molecule has 0 aromatic heterocycles. The van der Waals surface area contributed by atoms with Crippen molar-refractivity contribution in [1.29, 1.82) is 0 Å². The lowest BCUT2D eigenvalue weighted by Gasteiger charge is -2.22. The molecule has 36 heavy (non-hydrogen) atoms. The van der Waals surface area contributed by atoms with Gasteiger partial charge in [0, 0.05) is 37.1 Å². The van der Waals surface area contributed by atoms with Gasteiger partial charge in [0.1, 0.15) is 0 Å². The van der Waals surface area contributed by atoms with Crippen molar-refractivity contribution in [3.05, 3.63) is 22.5 Å². The lowest BCUT2D eigenvalue weighted by molar-refractivity contribution is -0.144. The number of hydrogen-bond acceptors (Lipinski definition) is 8. The normalized spacial score (nSPS) is 13.8. The van der Waals surface area contributed by atoms with Gasteiger partial charge in [-0.3, -0.25) is 19.2 Å². The summed E-state index contributed by atoms with van der Waals surface area (Å²) in [7, 11) is 0. The summed E-state index contributed by atoms with van der Waals surface area (Å²) >= 11 is 0. The van der Waals surface area contributed by atoms with Crippen molar-refractivity contribution in [2.45, 2.75) is 105 Å². The first-order valence-electron chi connectivity index (χ1n) is 13.6. The molecule has 0 aliphatic heterocycles. The van der Waals surface area contributed by atoms with Gasteiger partial charge in [-0.1, -0.05) is 52.4 Å². The molecule has 8 heteroatoms. The van der Waals surface area contributed by atoms with E-state index in [4.69, 9.17) is 9.47 Å². The molecule has 0 aromatic carbocycles. The zero-order chi connectivity index (χ0) is 26.8. The highest BCUT2D eigenvalue weighted by molar-refractivity contribution is 6.24. The third-order valence-electron chi connectivity index (χ3n) is 6.13. The van der Waals surface area contributed by atoms with E-state index in [9.17, 15) is 19.2 Å². The molecular weight excluding hydrogens is 460 g/mol. The van der Waals surface area contributed by atoms with E-state index < -0.39 is 0 Å². The molecule has 0 spiro atoms. The van der Waals surface area contributed by atoms with Crippen molar-refractivity contribution < 1.29 is 28.7 Å². The Labute approximate surface area is 216 Å². The van der Waals surface area contributed by atoms with E-state index in [-0.39, 0.29) is 47.7 Å². The molecular formula is C28H46N2O6. The Bertz CT molecular complexity index is 734. The van der Waals surface area contributed by atoms with Crippen LogP contribution in [0.5, 0.6) is 0 Å². The average Bonchev–Trinajstić information content (AvgIpc) is 2.86. The second kappa shape index (κ2) is 18.6. The van der Waals surface area contributed by atoms with Gasteiger partial charge in [-0.15, -0.1) is 0 Å². The SMILES string of the molecule is CCCCCCOC(=O)CCCNC1=C(C)C(=O)C(NCCCC(=O)OCCCCCC)=C(C)C1=O. The summed E-state index contributed by atoms with van der Waals surface area (Å²) in [6.07, 6.45) is 9.98. The fourth-order valence-corrected chi connectivity index (χ4v) is 3.83. The lowest BCUT2D eigenvalue weighted by Crippen LogP contribution is -2.35. The van der Waals surface area contributed by atoms with Crippen molar-refractivity contribution >= 4 is 23.5 Å². The molecule has 0 aromatic rings. The van der Waals surface area contributed by atoms with Crippen LogP contribution in [0.3, 0.4) is 0 Å². The zero-order valence-electron chi connectivity index (χ0n) is 22.8. The van der Waals surface area contributed by atoms with Crippen LogP contribution in [0.25, 0.3) is 0 Å². The minimum Gasteiger partial charge on any atom is -0.466 e. The first kappa shape index (κ1) is 31.4. The average molecular weight is 507 g/mol. The summed E-state index contributed by atoms with van der Waals surface area (Å²) in [5.41, 5.74) is 1.25. The smallest absolute Gasteiger partial charge is 0.305 e. The summed E-state index contributed by atoms with van der Waals surface area (Å²) in [4.78, 5) is 49.4. The Morgan fingerprint density at radius 1 is 0.611 bits per heavy atom. The molecule has 0 bridgehead atoms. The van der Waals surface area contributed by atoms with Gasteiger partial charge in [-0.2, -0.15) is 0 Å². The molecule has 0 saturated carbocycles. The van der Waals surface area contributed by atoms with E-state index >= 15 is 0 Å². The van der Waals surface area contributed by atoms with Crippen LogP contribution in [0.2, 0.25) is 0 Å². The summed E-state index contributed by atoms with van der Waals surface area (Å²) in [6, 6.07) is 0. The Kier molecular flexibility index (Phi) is 16.2. The fraction of sp³-hybridized carbons (Fsp3) is 0.714. The zero-order valence-corrected chi connectivity index (χ0v) is 22.8. The number of nitrogens with one attached hydrogen (secondary N) is 2. The van der Waals surface area contributed by atoms with Crippen molar-refractivity contribution in [3.63, 3.8) is 0 Å². The number of rotatable bonds is 20. The van der Waals surface area contributed by atoms with E-state index in [2.05, 4.69) is 24.5 Å². The van der Waals surface area contributed by atoms with Crippen LogP contribution < -0.4 is 10.6 Å². The first-order chi connectivity index (χ1) is 17.3. The minimum absolute atomic E-state index is 0.236. The molecule has 0 heterocycles. The van der Waals surface area contributed by atoms with Crippen LogP contribution in [0.15, 0.2) is 22.5 Å². The topological polar surface area (TPSA) is 111 Å². The van der Waals surface area contributed by atoms with Gasteiger partial charge in [0.2, 0.25) is 11.6 Å². The van der Waals surface area contributed by atoms with E-state index in [1.807, 2.05) is 0 Å². The molecule has 8 nitrogen and oxygen atoms in total. The van der Waals surface area contributed by atoms with Gasteiger partial charge in [-0.05, 0) is 39.5 Å². The molecule has 0 atom stereocenters. The second-order valence-electron chi connectivity index (χ2n) is 9.28. The maximum atomic E-state index is 12.8. The second-order valence-corrected chi connectivity index (χ2v) is 9.28. The Hall–Kier alpha value is -2.64. The maximum absolute atomic E-state index is 12.8. The molecule has 0 radical (unpaired) electrons. The number of carbonyl (C=O) groups excluding carboxylic acids is 4. The van der Waals surface area contributed by atoms with E-state index in [0.29, 0.717) is 50.3 Å². The monoisotopic (exact) mass is 506 g/mol. The largest absolute Gasteiger partial charge is 0.466 e. The third-order valence-corrected chi connectivity index (χ3v) is 6.13. The number of ether oxygens (including phenoxy) is 2. The predicted octanol–water partition coefficient (Wildman–Crippen LogP) is 4.67. The van der Waals surface area contributed by atoms with Crippen molar-refractivity contribution in [2.24, 2.45) is 0 Å². The van der Waals surface area contributed by atoms with Crippen molar-refractivity contribution in [2.75, 3.05) is 26.3 Å². The van der Waals surface area contributed by atoms with Crippen molar-refractivity contribution in [1.82, 2.24) is 10.6 Å². The van der Waals surface area contributed by atoms with E-state index in [1.165, 1.54) is 0 Å². The van der Waals surface area contributed by atoms with E-state index in [1.54, 1.807) is 13.8 Å². The molecule has 0 fully saturated rings. The van der Waals surface area contributed by atoms with Gasteiger partial charge < -0.3 is 20.1 Å². The molecule has 0 amide bonds. The molecule has 1 aliphatic carbocycles. The Morgan fingerprint density at radius 3 is 1.36 bits per heavy atom. The standard InChI is InChI=1S/C28H46N2O6/c1-5-7-9-11-19-35-23(31)15-13-17-29-25-21(3)28(34)26(22(4)27(25)33)30-18-14-16-24(32)36-20-12-10-8-6-2/h29-30H,5-20H2,1-4H3.